The highest BCUT2D eigenvalue weighted by Gasteiger charge is 2.57. The summed E-state index contributed by atoms with van der Waals surface area (Å²) in [5.74, 6) is 0.761. The minimum absolute atomic E-state index is 0.0322. The van der Waals surface area contributed by atoms with Crippen molar-refractivity contribution in [3.63, 3.8) is 0 Å². The summed E-state index contributed by atoms with van der Waals surface area (Å²) in [7, 11) is 1.64. The van der Waals surface area contributed by atoms with Gasteiger partial charge in [-0.25, -0.2) is 0 Å². The second kappa shape index (κ2) is 4.72. The van der Waals surface area contributed by atoms with E-state index in [9.17, 15) is 9.59 Å². The summed E-state index contributed by atoms with van der Waals surface area (Å²) in [4.78, 5) is 27.2. The van der Waals surface area contributed by atoms with Gasteiger partial charge in [0.15, 0.2) is 0 Å². The minimum atomic E-state index is -0.698. The summed E-state index contributed by atoms with van der Waals surface area (Å²) < 4.78 is 5.30. The van der Waals surface area contributed by atoms with Gasteiger partial charge < -0.3 is 15.0 Å². The van der Waals surface area contributed by atoms with Crippen LogP contribution in [0.1, 0.15) is 39.5 Å². The van der Waals surface area contributed by atoms with Gasteiger partial charge in [-0.2, -0.15) is 0 Å². The first kappa shape index (κ1) is 13.9. The second-order valence-electron chi connectivity index (χ2n) is 6.75. The Bertz CT molecular complexity index is 431. The lowest BCUT2D eigenvalue weighted by Crippen LogP contribution is -2.71. The van der Waals surface area contributed by atoms with Gasteiger partial charge in [0.1, 0.15) is 11.6 Å². The Morgan fingerprint density at radius 3 is 2.50 bits per heavy atom. The van der Waals surface area contributed by atoms with Gasteiger partial charge in [-0.3, -0.25) is 9.59 Å². The van der Waals surface area contributed by atoms with Gasteiger partial charge in [0, 0.05) is 13.7 Å². The Kier molecular flexibility index (Phi) is 3.27. The Morgan fingerprint density at radius 1 is 1.35 bits per heavy atom. The van der Waals surface area contributed by atoms with Gasteiger partial charge in [0.05, 0.1) is 6.10 Å². The summed E-state index contributed by atoms with van der Waals surface area (Å²) >= 11 is 0. The fourth-order valence-corrected chi connectivity index (χ4v) is 3.32. The fourth-order valence-electron chi connectivity index (χ4n) is 3.32. The van der Waals surface area contributed by atoms with Crippen LogP contribution in [0.15, 0.2) is 0 Å². The number of carbonyl (C=O) groups is 2. The quantitative estimate of drug-likeness (QED) is 0.815. The molecule has 112 valence electrons. The Labute approximate surface area is 120 Å². The highest BCUT2D eigenvalue weighted by atomic mass is 16.5. The smallest absolute Gasteiger partial charge is 0.249 e. The zero-order valence-corrected chi connectivity index (χ0v) is 12.5. The van der Waals surface area contributed by atoms with Crippen LogP contribution in [0, 0.1) is 11.8 Å². The molecule has 5 heteroatoms. The number of hydrogen-bond donors (Lipinski definition) is 1. The zero-order valence-electron chi connectivity index (χ0n) is 12.5. The highest BCUT2D eigenvalue weighted by Crippen LogP contribution is 2.45. The van der Waals surface area contributed by atoms with Crippen molar-refractivity contribution in [3.8, 4) is 0 Å². The number of amides is 2. The van der Waals surface area contributed by atoms with Crippen LogP contribution < -0.4 is 5.32 Å². The number of piperazine rings is 1. The number of rotatable bonds is 5. The Morgan fingerprint density at radius 2 is 2.00 bits per heavy atom. The zero-order chi connectivity index (χ0) is 14.5. The number of carbonyl (C=O) groups excluding carboxylic acids is 2. The van der Waals surface area contributed by atoms with Crippen LogP contribution >= 0.6 is 0 Å². The van der Waals surface area contributed by atoms with Gasteiger partial charge >= 0.3 is 0 Å². The molecule has 3 atom stereocenters. The molecule has 2 aliphatic carbocycles. The molecule has 0 aromatic carbocycles. The van der Waals surface area contributed by atoms with E-state index in [0.717, 1.165) is 25.7 Å². The van der Waals surface area contributed by atoms with E-state index >= 15 is 0 Å². The molecule has 3 fully saturated rings. The average Bonchev–Trinajstić information content (AvgIpc) is 3.27. The predicted octanol–water partition coefficient (Wildman–Crippen LogP) is 0.927. The topological polar surface area (TPSA) is 58.6 Å². The van der Waals surface area contributed by atoms with Crippen molar-refractivity contribution in [2.24, 2.45) is 11.8 Å². The van der Waals surface area contributed by atoms with Crippen LogP contribution in [0.4, 0.5) is 0 Å². The van der Waals surface area contributed by atoms with E-state index < -0.39 is 5.54 Å². The maximum Gasteiger partial charge on any atom is 0.249 e. The molecule has 5 nitrogen and oxygen atoms in total. The van der Waals surface area contributed by atoms with E-state index in [0.29, 0.717) is 18.4 Å². The lowest BCUT2D eigenvalue weighted by atomic mass is 9.88. The first-order chi connectivity index (χ1) is 9.47. The lowest BCUT2D eigenvalue weighted by molar-refractivity contribution is -0.158. The Hall–Kier alpha value is -1.10. The monoisotopic (exact) mass is 280 g/mol. The van der Waals surface area contributed by atoms with Gasteiger partial charge in [0.2, 0.25) is 11.8 Å². The molecule has 3 aliphatic rings. The van der Waals surface area contributed by atoms with Crippen molar-refractivity contribution < 1.29 is 14.3 Å². The third-order valence-corrected chi connectivity index (χ3v) is 5.01. The summed E-state index contributed by atoms with van der Waals surface area (Å²) in [6, 6.07) is -0.285. The third kappa shape index (κ3) is 2.22. The largest absolute Gasteiger partial charge is 0.380 e. The predicted molar refractivity (Wildman–Crippen MR) is 74.0 cm³/mol. The molecule has 20 heavy (non-hydrogen) atoms. The number of ether oxygens (including phenoxy) is 1. The number of hydrogen-bond acceptors (Lipinski definition) is 3. The van der Waals surface area contributed by atoms with E-state index in [1.54, 1.807) is 12.0 Å². The molecule has 1 N–H and O–H groups in total. The summed E-state index contributed by atoms with van der Waals surface area (Å²) in [5.41, 5.74) is -0.698. The first-order valence-corrected chi connectivity index (χ1v) is 7.63. The molecule has 1 saturated heterocycles. The van der Waals surface area contributed by atoms with E-state index in [1.807, 2.05) is 13.8 Å². The standard InChI is InChI=1S/C15H24N2O3/c1-9(20-3)8-17-12(10-4-5-10)13(18)16-15(2,14(17)19)11-6-7-11/h9-12H,4-8H2,1-3H3,(H,16,18). The van der Waals surface area contributed by atoms with E-state index in [4.69, 9.17) is 4.74 Å². The van der Waals surface area contributed by atoms with Crippen molar-refractivity contribution >= 4 is 11.8 Å². The molecule has 2 amide bonds. The molecule has 0 aromatic heterocycles. The summed E-state index contributed by atoms with van der Waals surface area (Å²) in [6.07, 6.45) is 4.11. The minimum Gasteiger partial charge on any atom is -0.380 e. The second-order valence-corrected chi connectivity index (χ2v) is 6.75. The number of nitrogens with zero attached hydrogens (tertiary/aromatic N) is 1. The van der Waals surface area contributed by atoms with Gasteiger partial charge in [-0.05, 0) is 51.4 Å². The van der Waals surface area contributed by atoms with Gasteiger partial charge in [-0.1, -0.05) is 0 Å². The maximum absolute atomic E-state index is 12.9. The van der Waals surface area contributed by atoms with Crippen molar-refractivity contribution in [2.45, 2.75) is 57.2 Å². The molecule has 0 bridgehead atoms. The molecule has 2 saturated carbocycles. The number of nitrogens with one attached hydrogen (secondary N) is 1. The molecule has 0 radical (unpaired) electrons. The van der Waals surface area contributed by atoms with Crippen molar-refractivity contribution in [2.75, 3.05) is 13.7 Å². The van der Waals surface area contributed by atoms with Crippen LogP contribution in [0.25, 0.3) is 0 Å². The van der Waals surface area contributed by atoms with Crippen LogP contribution in [-0.4, -0.2) is 48.1 Å². The van der Waals surface area contributed by atoms with Crippen LogP contribution in [0.2, 0.25) is 0 Å². The van der Waals surface area contributed by atoms with Crippen molar-refractivity contribution in [1.82, 2.24) is 10.2 Å². The van der Waals surface area contributed by atoms with Crippen LogP contribution in [0.3, 0.4) is 0 Å². The molecule has 0 spiro atoms. The maximum atomic E-state index is 12.9. The van der Waals surface area contributed by atoms with Crippen LogP contribution in [0.5, 0.6) is 0 Å². The molecular weight excluding hydrogens is 256 g/mol. The molecule has 3 rings (SSSR count). The Balaban J connectivity index is 1.86. The highest BCUT2D eigenvalue weighted by molar-refractivity contribution is 6.00. The lowest BCUT2D eigenvalue weighted by Gasteiger charge is -2.45. The van der Waals surface area contributed by atoms with Gasteiger partial charge in [-0.15, -0.1) is 0 Å². The van der Waals surface area contributed by atoms with Gasteiger partial charge in [0.25, 0.3) is 0 Å². The number of methoxy groups -OCH3 is 1. The molecule has 3 unspecified atom stereocenters. The first-order valence-electron chi connectivity index (χ1n) is 7.63. The summed E-state index contributed by atoms with van der Waals surface area (Å²) in [5, 5.41) is 3.03. The van der Waals surface area contributed by atoms with Crippen LogP contribution in [-0.2, 0) is 14.3 Å². The molecule has 1 aliphatic heterocycles. The average molecular weight is 280 g/mol. The summed E-state index contributed by atoms with van der Waals surface area (Å²) in [6.45, 7) is 4.34. The fraction of sp³-hybridized carbons (Fsp3) is 0.867. The molecular formula is C15H24N2O3. The van der Waals surface area contributed by atoms with Crippen molar-refractivity contribution in [3.05, 3.63) is 0 Å². The third-order valence-electron chi connectivity index (χ3n) is 5.01. The van der Waals surface area contributed by atoms with E-state index in [2.05, 4.69) is 5.32 Å². The van der Waals surface area contributed by atoms with E-state index in [1.165, 1.54) is 0 Å². The molecule has 1 heterocycles. The van der Waals surface area contributed by atoms with Crippen molar-refractivity contribution in [1.29, 1.82) is 0 Å². The molecule has 0 aromatic rings. The SMILES string of the molecule is COC(C)CN1C(=O)C(C)(C2CC2)NC(=O)C1C1CC1. The van der Waals surface area contributed by atoms with E-state index in [-0.39, 0.29) is 24.0 Å². The normalized spacial score (nSPS) is 36.0.